The Hall–Kier alpha value is -3.07. The van der Waals surface area contributed by atoms with Gasteiger partial charge in [0.1, 0.15) is 11.6 Å². The Morgan fingerprint density at radius 1 is 1.29 bits per heavy atom. The normalized spacial score (nSPS) is 14.4. The van der Waals surface area contributed by atoms with Gasteiger partial charge in [-0.05, 0) is 29.8 Å². The minimum absolute atomic E-state index is 0.0493. The first-order valence-corrected chi connectivity index (χ1v) is 7.71. The van der Waals surface area contributed by atoms with Crippen LogP contribution in [0.4, 0.5) is 5.82 Å². The molecular weight excluding hydrogens is 304 g/mol. The van der Waals surface area contributed by atoms with Crippen LogP contribution in [0.3, 0.4) is 0 Å². The number of hydrogen-bond acceptors (Lipinski definition) is 5. The van der Waals surface area contributed by atoms with Gasteiger partial charge >= 0.3 is 0 Å². The molecule has 1 fully saturated rings. The lowest BCUT2D eigenvalue weighted by atomic mass is 10.2. The first-order chi connectivity index (χ1) is 11.7. The fourth-order valence-electron chi connectivity index (χ4n) is 2.72. The molecule has 1 aromatic heterocycles. The summed E-state index contributed by atoms with van der Waals surface area (Å²) in [5.41, 5.74) is 1.59. The molecule has 122 valence electrons. The van der Waals surface area contributed by atoms with E-state index in [4.69, 9.17) is 10.00 Å². The van der Waals surface area contributed by atoms with Crippen molar-refractivity contribution < 1.29 is 9.53 Å². The SMILES string of the molecule is COc1cccc(CN2CCN(c3cc(C#N)ccn3)CC2=O)c1. The topological polar surface area (TPSA) is 69.5 Å². The van der Waals surface area contributed by atoms with Gasteiger partial charge in [-0.2, -0.15) is 5.26 Å². The molecule has 0 radical (unpaired) electrons. The van der Waals surface area contributed by atoms with Gasteiger partial charge in [0, 0.05) is 25.8 Å². The number of anilines is 1. The molecule has 0 saturated carbocycles. The van der Waals surface area contributed by atoms with Gasteiger partial charge in [-0.1, -0.05) is 12.1 Å². The molecule has 1 aromatic carbocycles. The largest absolute Gasteiger partial charge is 0.497 e. The number of amides is 1. The van der Waals surface area contributed by atoms with Gasteiger partial charge in [0.05, 0.1) is 25.3 Å². The van der Waals surface area contributed by atoms with Crippen molar-refractivity contribution in [3.8, 4) is 11.8 Å². The zero-order valence-electron chi connectivity index (χ0n) is 13.5. The van der Waals surface area contributed by atoms with E-state index in [2.05, 4.69) is 11.1 Å². The molecule has 1 saturated heterocycles. The Morgan fingerprint density at radius 2 is 2.17 bits per heavy atom. The van der Waals surface area contributed by atoms with Crippen molar-refractivity contribution in [2.75, 3.05) is 31.6 Å². The van der Waals surface area contributed by atoms with Gasteiger partial charge in [-0.3, -0.25) is 4.79 Å². The van der Waals surface area contributed by atoms with Gasteiger partial charge in [0.2, 0.25) is 5.91 Å². The molecule has 0 N–H and O–H groups in total. The van der Waals surface area contributed by atoms with E-state index >= 15 is 0 Å². The lowest BCUT2D eigenvalue weighted by Crippen LogP contribution is -2.50. The quantitative estimate of drug-likeness (QED) is 0.858. The number of nitrogens with zero attached hydrogens (tertiary/aromatic N) is 4. The average molecular weight is 322 g/mol. The summed E-state index contributed by atoms with van der Waals surface area (Å²) in [4.78, 5) is 20.5. The molecule has 2 aromatic rings. The second-order valence-corrected chi connectivity index (χ2v) is 5.60. The molecule has 24 heavy (non-hydrogen) atoms. The number of benzene rings is 1. The van der Waals surface area contributed by atoms with Crippen molar-refractivity contribution in [1.29, 1.82) is 5.26 Å². The molecule has 0 atom stereocenters. The predicted molar refractivity (Wildman–Crippen MR) is 89.6 cm³/mol. The molecule has 1 aliphatic heterocycles. The summed E-state index contributed by atoms with van der Waals surface area (Å²) in [6.07, 6.45) is 1.60. The van der Waals surface area contributed by atoms with Crippen LogP contribution < -0.4 is 9.64 Å². The van der Waals surface area contributed by atoms with Crippen molar-refractivity contribution in [1.82, 2.24) is 9.88 Å². The smallest absolute Gasteiger partial charge is 0.242 e. The van der Waals surface area contributed by atoms with Gasteiger partial charge < -0.3 is 14.5 Å². The van der Waals surface area contributed by atoms with E-state index in [-0.39, 0.29) is 12.5 Å². The van der Waals surface area contributed by atoms with Crippen LogP contribution in [0, 0.1) is 11.3 Å². The Balaban J connectivity index is 1.67. The van der Waals surface area contributed by atoms with E-state index in [1.54, 1.807) is 25.4 Å². The third-order valence-electron chi connectivity index (χ3n) is 4.02. The molecule has 3 rings (SSSR count). The van der Waals surface area contributed by atoms with Crippen LogP contribution in [0.2, 0.25) is 0 Å². The first kappa shape index (κ1) is 15.8. The Kier molecular flexibility index (Phi) is 4.62. The summed E-state index contributed by atoms with van der Waals surface area (Å²) in [6.45, 7) is 2.15. The first-order valence-electron chi connectivity index (χ1n) is 7.71. The van der Waals surface area contributed by atoms with Crippen LogP contribution in [0.5, 0.6) is 5.75 Å². The number of pyridine rings is 1. The van der Waals surface area contributed by atoms with Crippen molar-refractivity contribution >= 4 is 11.7 Å². The molecule has 0 aliphatic carbocycles. The average Bonchev–Trinajstić information content (AvgIpc) is 2.63. The number of aromatic nitrogens is 1. The Bertz CT molecular complexity index is 785. The molecule has 1 amide bonds. The van der Waals surface area contributed by atoms with Crippen LogP contribution in [0.15, 0.2) is 42.6 Å². The molecule has 1 aliphatic rings. The summed E-state index contributed by atoms with van der Waals surface area (Å²) < 4.78 is 5.22. The zero-order chi connectivity index (χ0) is 16.9. The third-order valence-corrected chi connectivity index (χ3v) is 4.02. The van der Waals surface area contributed by atoms with Crippen molar-refractivity contribution in [2.45, 2.75) is 6.54 Å². The summed E-state index contributed by atoms with van der Waals surface area (Å²) in [5.74, 6) is 1.51. The van der Waals surface area contributed by atoms with Gasteiger partial charge in [0.25, 0.3) is 0 Å². The number of nitriles is 1. The number of carbonyl (C=O) groups excluding carboxylic acids is 1. The van der Waals surface area contributed by atoms with E-state index in [1.807, 2.05) is 34.1 Å². The maximum atomic E-state index is 12.5. The van der Waals surface area contributed by atoms with Crippen LogP contribution in [-0.2, 0) is 11.3 Å². The number of piperazine rings is 1. The molecule has 2 heterocycles. The zero-order valence-corrected chi connectivity index (χ0v) is 13.5. The number of carbonyl (C=O) groups is 1. The van der Waals surface area contributed by atoms with E-state index in [9.17, 15) is 4.79 Å². The molecular formula is C18H18N4O2. The molecule has 6 nitrogen and oxygen atoms in total. The summed E-state index contributed by atoms with van der Waals surface area (Å²) in [7, 11) is 1.63. The third kappa shape index (κ3) is 3.46. The highest BCUT2D eigenvalue weighted by Crippen LogP contribution is 2.18. The van der Waals surface area contributed by atoms with Crippen molar-refractivity contribution in [3.63, 3.8) is 0 Å². The lowest BCUT2D eigenvalue weighted by Gasteiger charge is -2.35. The number of ether oxygens (including phenoxy) is 1. The van der Waals surface area contributed by atoms with Crippen molar-refractivity contribution in [2.24, 2.45) is 0 Å². The fourth-order valence-corrected chi connectivity index (χ4v) is 2.72. The van der Waals surface area contributed by atoms with E-state index in [0.717, 1.165) is 11.3 Å². The molecule has 6 heteroatoms. The maximum absolute atomic E-state index is 12.5. The van der Waals surface area contributed by atoms with Crippen LogP contribution >= 0.6 is 0 Å². The number of hydrogen-bond donors (Lipinski definition) is 0. The van der Waals surface area contributed by atoms with Crippen molar-refractivity contribution in [3.05, 3.63) is 53.7 Å². The summed E-state index contributed by atoms with van der Waals surface area (Å²) in [6, 6.07) is 13.2. The Morgan fingerprint density at radius 3 is 2.92 bits per heavy atom. The minimum atomic E-state index is 0.0493. The predicted octanol–water partition coefficient (Wildman–Crippen LogP) is 1.81. The van der Waals surface area contributed by atoms with Gasteiger partial charge in [-0.15, -0.1) is 0 Å². The summed E-state index contributed by atoms with van der Waals surface area (Å²) in [5, 5.41) is 8.98. The second-order valence-electron chi connectivity index (χ2n) is 5.60. The van der Waals surface area contributed by atoms with Crippen LogP contribution in [-0.4, -0.2) is 42.5 Å². The second kappa shape index (κ2) is 7.01. The molecule has 0 bridgehead atoms. The van der Waals surface area contributed by atoms with E-state index < -0.39 is 0 Å². The Labute approximate surface area is 140 Å². The van der Waals surface area contributed by atoms with E-state index in [0.29, 0.717) is 31.0 Å². The van der Waals surface area contributed by atoms with Gasteiger partial charge in [0.15, 0.2) is 0 Å². The van der Waals surface area contributed by atoms with E-state index in [1.165, 1.54) is 0 Å². The minimum Gasteiger partial charge on any atom is -0.497 e. The fraction of sp³-hybridized carbons (Fsp3) is 0.278. The summed E-state index contributed by atoms with van der Waals surface area (Å²) >= 11 is 0. The highest BCUT2D eigenvalue weighted by Gasteiger charge is 2.25. The lowest BCUT2D eigenvalue weighted by molar-refractivity contribution is -0.131. The highest BCUT2D eigenvalue weighted by atomic mass is 16.5. The maximum Gasteiger partial charge on any atom is 0.242 e. The molecule has 0 unspecified atom stereocenters. The van der Waals surface area contributed by atoms with Crippen LogP contribution in [0.1, 0.15) is 11.1 Å². The van der Waals surface area contributed by atoms with Crippen LogP contribution in [0.25, 0.3) is 0 Å². The molecule has 0 spiro atoms. The number of methoxy groups -OCH3 is 1. The highest BCUT2D eigenvalue weighted by molar-refractivity contribution is 5.82. The van der Waals surface area contributed by atoms with Gasteiger partial charge in [-0.25, -0.2) is 4.98 Å². The monoisotopic (exact) mass is 322 g/mol. The standard InChI is InChI=1S/C18H18N4O2/c1-24-16-4-2-3-15(9-16)12-22-8-7-21(13-18(22)23)17-10-14(11-19)5-6-20-17/h2-6,9-10H,7-8,12-13H2,1H3. The number of rotatable bonds is 4.